The van der Waals surface area contributed by atoms with E-state index in [1.807, 2.05) is 12.1 Å². The summed E-state index contributed by atoms with van der Waals surface area (Å²) in [6.45, 7) is 0.564. The molecule has 3 rings (SSSR count). The Balaban J connectivity index is 1.80. The number of carbonyl (C=O) groups excluding carboxylic acids is 3. The number of benzene rings is 1. The minimum absolute atomic E-state index is 0.118. The van der Waals surface area contributed by atoms with Crippen LogP contribution in [0, 0.1) is 5.41 Å². The predicted octanol–water partition coefficient (Wildman–Crippen LogP) is 0.850. The van der Waals surface area contributed by atoms with Crippen molar-refractivity contribution in [2.45, 2.75) is 25.8 Å². The molecular formula is C16H18N2O4. The average molecular weight is 302 g/mol. The molecule has 0 aliphatic carbocycles. The largest absolute Gasteiger partial charge is 0.497 e. The third-order valence-electron chi connectivity index (χ3n) is 4.44. The molecule has 2 saturated heterocycles. The SMILES string of the molecule is COc1ccc(CN2C(=O)CCC3(CNC(=O)C3)C2=O)cc1. The second kappa shape index (κ2) is 5.44. The van der Waals surface area contributed by atoms with Gasteiger partial charge in [-0.1, -0.05) is 12.1 Å². The molecule has 6 heteroatoms. The third kappa shape index (κ3) is 2.45. The number of ether oxygens (including phenoxy) is 1. The second-order valence-corrected chi connectivity index (χ2v) is 5.87. The lowest BCUT2D eigenvalue weighted by Crippen LogP contribution is -2.52. The standard InChI is InChI=1S/C16H18N2O4/c1-22-12-4-2-11(3-5-12)9-18-14(20)6-7-16(15(18)21)8-13(19)17-10-16/h2-5H,6-10H2,1H3,(H,17,19). The number of nitrogens with zero attached hydrogens (tertiary/aromatic N) is 1. The number of amides is 3. The van der Waals surface area contributed by atoms with Crippen molar-refractivity contribution in [1.82, 2.24) is 10.2 Å². The van der Waals surface area contributed by atoms with Gasteiger partial charge in [-0.25, -0.2) is 0 Å². The van der Waals surface area contributed by atoms with Gasteiger partial charge in [-0.2, -0.15) is 0 Å². The van der Waals surface area contributed by atoms with E-state index in [1.165, 1.54) is 4.90 Å². The van der Waals surface area contributed by atoms with Crippen molar-refractivity contribution in [3.05, 3.63) is 29.8 Å². The fourth-order valence-electron chi connectivity index (χ4n) is 3.09. The molecule has 6 nitrogen and oxygen atoms in total. The summed E-state index contributed by atoms with van der Waals surface area (Å²) in [5, 5.41) is 2.71. The van der Waals surface area contributed by atoms with E-state index in [0.717, 1.165) is 11.3 Å². The molecule has 2 aliphatic heterocycles. The quantitative estimate of drug-likeness (QED) is 0.840. The number of methoxy groups -OCH3 is 1. The highest BCUT2D eigenvalue weighted by molar-refractivity contribution is 6.03. The van der Waals surface area contributed by atoms with E-state index in [1.54, 1.807) is 19.2 Å². The first kappa shape index (κ1) is 14.6. The Morgan fingerprint density at radius 1 is 1.23 bits per heavy atom. The molecule has 2 heterocycles. The minimum Gasteiger partial charge on any atom is -0.497 e. The lowest BCUT2D eigenvalue weighted by atomic mass is 9.78. The fraction of sp³-hybridized carbons (Fsp3) is 0.438. The summed E-state index contributed by atoms with van der Waals surface area (Å²) in [6, 6.07) is 7.26. The third-order valence-corrected chi connectivity index (χ3v) is 4.44. The topological polar surface area (TPSA) is 75.7 Å². The molecule has 0 aromatic heterocycles. The van der Waals surface area contributed by atoms with Gasteiger partial charge in [0, 0.05) is 19.4 Å². The van der Waals surface area contributed by atoms with Gasteiger partial charge in [-0.05, 0) is 24.1 Å². The highest BCUT2D eigenvalue weighted by atomic mass is 16.5. The molecule has 2 aliphatic rings. The van der Waals surface area contributed by atoms with Crippen LogP contribution in [0.2, 0.25) is 0 Å². The van der Waals surface area contributed by atoms with Crippen LogP contribution in [-0.4, -0.2) is 36.3 Å². The summed E-state index contributed by atoms with van der Waals surface area (Å²) in [5.74, 6) is 0.193. The molecular weight excluding hydrogens is 284 g/mol. The number of likely N-dealkylation sites (tertiary alicyclic amines) is 1. The zero-order valence-corrected chi connectivity index (χ0v) is 12.4. The van der Waals surface area contributed by atoms with Crippen LogP contribution in [0.4, 0.5) is 0 Å². The number of imide groups is 1. The zero-order valence-electron chi connectivity index (χ0n) is 12.4. The predicted molar refractivity (Wildman–Crippen MR) is 77.8 cm³/mol. The average Bonchev–Trinajstić information content (AvgIpc) is 2.91. The highest BCUT2D eigenvalue weighted by Crippen LogP contribution is 2.38. The Labute approximate surface area is 128 Å². The van der Waals surface area contributed by atoms with Crippen molar-refractivity contribution in [2.75, 3.05) is 13.7 Å². The van der Waals surface area contributed by atoms with Gasteiger partial charge in [0.05, 0.1) is 19.1 Å². The summed E-state index contributed by atoms with van der Waals surface area (Å²) in [7, 11) is 1.58. The van der Waals surface area contributed by atoms with Crippen LogP contribution < -0.4 is 10.1 Å². The molecule has 0 radical (unpaired) electrons. The van der Waals surface area contributed by atoms with Crippen LogP contribution in [0.25, 0.3) is 0 Å². The lowest BCUT2D eigenvalue weighted by molar-refractivity contribution is -0.158. The lowest BCUT2D eigenvalue weighted by Gasteiger charge is -2.36. The van der Waals surface area contributed by atoms with E-state index in [4.69, 9.17) is 4.74 Å². The van der Waals surface area contributed by atoms with E-state index >= 15 is 0 Å². The van der Waals surface area contributed by atoms with E-state index in [2.05, 4.69) is 5.32 Å². The molecule has 1 atom stereocenters. The molecule has 22 heavy (non-hydrogen) atoms. The van der Waals surface area contributed by atoms with Crippen LogP contribution in [0.1, 0.15) is 24.8 Å². The van der Waals surface area contributed by atoms with Gasteiger partial charge in [0.15, 0.2) is 0 Å². The van der Waals surface area contributed by atoms with E-state index in [9.17, 15) is 14.4 Å². The van der Waals surface area contributed by atoms with Gasteiger partial charge in [-0.15, -0.1) is 0 Å². The number of rotatable bonds is 3. The molecule has 1 unspecified atom stereocenters. The van der Waals surface area contributed by atoms with Crippen molar-refractivity contribution in [3.63, 3.8) is 0 Å². The van der Waals surface area contributed by atoms with Gasteiger partial charge >= 0.3 is 0 Å². The van der Waals surface area contributed by atoms with Crippen LogP contribution in [0.15, 0.2) is 24.3 Å². The van der Waals surface area contributed by atoms with E-state index < -0.39 is 5.41 Å². The van der Waals surface area contributed by atoms with E-state index in [-0.39, 0.29) is 30.7 Å². The van der Waals surface area contributed by atoms with Crippen molar-refractivity contribution in [2.24, 2.45) is 5.41 Å². The molecule has 0 saturated carbocycles. The number of nitrogens with one attached hydrogen (secondary N) is 1. The van der Waals surface area contributed by atoms with Gasteiger partial charge in [-0.3, -0.25) is 19.3 Å². The fourth-order valence-corrected chi connectivity index (χ4v) is 3.09. The first-order chi connectivity index (χ1) is 10.5. The Bertz CT molecular complexity index is 626. The molecule has 116 valence electrons. The van der Waals surface area contributed by atoms with Crippen molar-refractivity contribution in [1.29, 1.82) is 0 Å². The molecule has 1 spiro atoms. The van der Waals surface area contributed by atoms with Crippen molar-refractivity contribution < 1.29 is 19.1 Å². The molecule has 0 bridgehead atoms. The molecule has 1 aromatic carbocycles. The smallest absolute Gasteiger partial charge is 0.238 e. The summed E-state index contributed by atoms with van der Waals surface area (Å²) in [4.78, 5) is 37.6. The highest BCUT2D eigenvalue weighted by Gasteiger charge is 2.51. The Morgan fingerprint density at radius 3 is 2.55 bits per heavy atom. The summed E-state index contributed by atoms with van der Waals surface area (Å²) >= 11 is 0. The number of hydrogen-bond donors (Lipinski definition) is 1. The van der Waals surface area contributed by atoms with Crippen LogP contribution in [0.3, 0.4) is 0 Å². The molecule has 2 fully saturated rings. The number of carbonyl (C=O) groups is 3. The maximum absolute atomic E-state index is 12.7. The molecule has 1 N–H and O–H groups in total. The van der Waals surface area contributed by atoms with Crippen molar-refractivity contribution >= 4 is 17.7 Å². The second-order valence-electron chi connectivity index (χ2n) is 5.87. The summed E-state index contributed by atoms with van der Waals surface area (Å²) in [5.41, 5.74) is 0.120. The minimum atomic E-state index is -0.739. The summed E-state index contributed by atoms with van der Waals surface area (Å²) in [6.07, 6.45) is 0.928. The van der Waals surface area contributed by atoms with Gasteiger partial charge in [0.2, 0.25) is 17.7 Å². The van der Waals surface area contributed by atoms with E-state index in [0.29, 0.717) is 19.4 Å². The monoisotopic (exact) mass is 302 g/mol. The van der Waals surface area contributed by atoms with Gasteiger partial charge in [0.25, 0.3) is 0 Å². The Hall–Kier alpha value is -2.37. The first-order valence-corrected chi connectivity index (χ1v) is 7.28. The molecule has 3 amide bonds. The van der Waals surface area contributed by atoms with Gasteiger partial charge in [0.1, 0.15) is 5.75 Å². The maximum Gasteiger partial charge on any atom is 0.238 e. The molecule has 1 aromatic rings. The normalized spacial score (nSPS) is 24.8. The number of piperidine rings is 1. The first-order valence-electron chi connectivity index (χ1n) is 7.28. The summed E-state index contributed by atoms with van der Waals surface area (Å²) < 4.78 is 5.10. The van der Waals surface area contributed by atoms with Crippen LogP contribution in [0.5, 0.6) is 5.75 Å². The van der Waals surface area contributed by atoms with Crippen LogP contribution >= 0.6 is 0 Å². The number of hydrogen-bond acceptors (Lipinski definition) is 4. The Kier molecular flexibility index (Phi) is 3.60. The zero-order chi connectivity index (χ0) is 15.7. The van der Waals surface area contributed by atoms with Gasteiger partial charge < -0.3 is 10.1 Å². The maximum atomic E-state index is 12.7. The van der Waals surface area contributed by atoms with Crippen LogP contribution in [-0.2, 0) is 20.9 Å². The Morgan fingerprint density at radius 2 is 1.95 bits per heavy atom. The van der Waals surface area contributed by atoms with Crippen molar-refractivity contribution in [3.8, 4) is 5.75 Å².